The van der Waals surface area contributed by atoms with E-state index in [1.807, 2.05) is 4.90 Å². The summed E-state index contributed by atoms with van der Waals surface area (Å²) in [7, 11) is 1.64. The number of hydrogen-bond acceptors (Lipinski definition) is 8. The molecule has 9 nitrogen and oxygen atoms in total. The summed E-state index contributed by atoms with van der Waals surface area (Å²) in [6.45, 7) is 11.3. The summed E-state index contributed by atoms with van der Waals surface area (Å²) >= 11 is 0. The Hall–Kier alpha value is -2.42. The summed E-state index contributed by atoms with van der Waals surface area (Å²) < 4.78 is 12.0. The highest BCUT2D eigenvalue weighted by Crippen LogP contribution is 2.21. The van der Waals surface area contributed by atoms with Crippen LogP contribution in [0.15, 0.2) is 9.59 Å². The number of unbranched alkanes of at least 4 members (excludes halogenated alkanes) is 16. The van der Waals surface area contributed by atoms with Gasteiger partial charge >= 0.3 is 5.97 Å². The predicted molar refractivity (Wildman–Crippen MR) is 232 cm³/mol. The first-order valence-corrected chi connectivity index (χ1v) is 23.1. The van der Waals surface area contributed by atoms with Crippen molar-refractivity contribution < 1.29 is 19.1 Å². The fourth-order valence-electron chi connectivity index (χ4n) is 7.47. The highest BCUT2D eigenvalue weighted by Gasteiger charge is 2.20. The number of anilines is 2. The lowest BCUT2D eigenvalue weighted by atomic mass is 9.93. The lowest BCUT2D eigenvalue weighted by Crippen LogP contribution is -2.39. The number of amides is 1. The van der Waals surface area contributed by atoms with Crippen LogP contribution in [0.2, 0.25) is 0 Å². The van der Waals surface area contributed by atoms with E-state index in [-0.39, 0.29) is 24.6 Å². The number of rotatable bonds is 40. The van der Waals surface area contributed by atoms with E-state index in [1.165, 1.54) is 103 Å². The summed E-state index contributed by atoms with van der Waals surface area (Å²) in [5.41, 5.74) is -0.298. The summed E-state index contributed by atoms with van der Waals surface area (Å²) in [6, 6.07) is 0. The summed E-state index contributed by atoms with van der Waals surface area (Å²) in [6.07, 6.45) is 31.3. The molecule has 0 spiro atoms. The van der Waals surface area contributed by atoms with E-state index < -0.39 is 10.9 Å². The third-order valence-corrected chi connectivity index (χ3v) is 11.2. The fourth-order valence-corrected chi connectivity index (χ4v) is 7.47. The van der Waals surface area contributed by atoms with E-state index in [0.29, 0.717) is 56.4 Å². The third-order valence-electron chi connectivity index (χ3n) is 11.2. The molecule has 320 valence electrons. The van der Waals surface area contributed by atoms with Gasteiger partial charge in [0.15, 0.2) is 0 Å². The van der Waals surface area contributed by atoms with Gasteiger partial charge in [-0.05, 0) is 44.4 Å². The topological polar surface area (TPSA) is 114 Å². The van der Waals surface area contributed by atoms with E-state index in [9.17, 15) is 19.2 Å². The smallest absolute Gasteiger partial charge is 0.305 e. The van der Waals surface area contributed by atoms with Crippen LogP contribution in [0.25, 0.3) is 0 Å². The second kappa shape index (κ2) is 34.8. The Balaban J connectivity index is 2.59. The van der Waals surface area contributed by atoms with Crippen molar-refractivity contribution in [2.75, 3.05) is 50.5 Å². The lowest BCUT2D eigenvalue weighted by Gasteiger charge is -2.25. The van der Waals surface area contributed by atoms with Crippen LogP contribution in [-0.4, -0.2) is 62.8 Å². The fraction of sp³-hybridized carbons (Fsp3) is 0.870. The first-order chi connectivity index (χ1) is 26.8. The molecular weight excluding hydrogens is 691 g/mol. The Bertz CT molecular complexity index is 1130. The molecule has 0 aromatic heterocycles. The number of nitrogens with one attached hydrogen (secondary N) is 2. The van der Waals surface area contributed by atoms with Crippen LogP contribution in [0.1, 0.15) is 207 Å². The SMILES string of the molecule is CCCCCCCCC(CCCCCCCC)OCC(=O)N(CCCCCCCC(=O)OCCC(CCCC)CCCC)CCCNc1c(NC)c(=O)c1=O. The van der Waals surface area contributed by atoms with Crippen molar-refractivity contribution >= 4 is 23.3 Å². The van der Waals surface area contributed by atoms with Crippen LogP contribution in [-0.2, 0) is 19.1 Å². The van der Waals surface area contributed by atoms with Crippen molar-refractivity contribution in [2.45, 2.75) is 214 Å². The second-order valence-corrected chi connectivity index (χ2v) is 16.0. The van der Waals surface area contributed by atoms with Gasteiger partial charge in [0.2, 0.25) is 5.91 Å². The van der Waals surface area contributed by atoms with E-state index in [0.717, 1.165) is 64.2 Å². The average molecular weight is 776 g/mol. The molecule has 1 amide bonds. The average Bonchev–Trinajstić information content (AvgIpc) is 3.19. The Morgan fingerprint density at radius 3 is 1.67 bits per heavy atom. The van der Waals surface area contributed by atoms with Gasteiger partial charge in [0, 0.05) is 33.1 Å². The van der Waals surface area contributed by atoms with Crippen molar-refractivity contribution in [1.82, 2.24) is 4.90 Å². The maximum atomic E-state index is 13.6. The highest BCUT2D eigenvalue weighted by molar-refractivity contribution is 5.77. The molecule has 0 saturated heterocycles. The first kappa shape index (κ1) is 50.6. The minimum Gasteiger partial charge on any atom is -0.466 e. The molecule has 2 N–H and O–H groups in total. The van der Waals surface area contributed by atoms with Crippen molar-refractivity contribution in [1.29, 1.82) is 0 Å². The summed E-state index contributed by atoms with van der Waals surface area (Å²) in [5.74, 6) is 0.613. The van der Waals surface area contributed by atoms with Gasteiger partial charge in [0.05, 0.1) is 12.7 Å². The molecule has 0 fully saturated rings. The molecule has 0 aliphatic heterocycles. The highest BCUT2D eigenvalue weighted by atomic mass is 16.5. The van der Waals surface area contributed by atoms with Crippen LogP contribution in [0.3, 0.4) is 0 Å². The zero-order chi connectivity index (χ0) is 40.4. The van der Waals surface area contributed by atoms with Crippen LogP contribution in [0, 0.1) is 5.92 Å². The van der Waals surface area contributed by atoms with Crippen LogP contribution in [0.4, 0.5) is 11.4 Å². The number of hydrogen-bond donors (Lipinski definition) is 2. The molecule has 0 saturated carbocycles. The summed E-state index contributed by atoms with van der Waals surface area (Å²) in [4.78, 5) is 51.7. The molecule has 0 unspecified atom stereocenters. The van der Waals surface area contributed by atoms with Gasteiger partial charge < -0.3 is 25.0 Å². The number of carbonyl (C=O) groups is 2. The van der Waals surface area contributed by atoms with Crippen LogP contribution in [0.5, 0.6) is 0 Å². The Labute approximate surface area is 336 Å². The van der Waals surface area contributed by atoms with Crippen LogP contribution >= 0.6 is 0 Å². The number of carbonyl (C=O) groups excluding carboxylic acids is 2. The van der Waals surface area contributed by atoms with Gasteiger partial charge in [-0.2, -0.15) is 0 Å². The largest absolute Gasteiger partial charge is 0.466 e. The number of nitrogens with zero attached hydrogens (tertiary/aromatic N) is 1. The van der Waals surface area contributed by atoms with Gasteiger partial charge in [0.1, 0.15) is 18.0 Å². The monoisotopic (exact) mass is 776 g/mol. The second-order valence-electron chi connectivity index (χ2n) is 16.0. The van der Waals surface area contributed by atoms with Gasteiger partial charge in [-0.15, -0.1) is 0 Å². The predicted octanol–water partition coefficient (Wildman–Crippen LogP) is 11.1. The molecule has 9 heteroatoms. The standard InChI is InChI=1S/C46H85N3O6/c1-6-10-14-16-19-23-30-40(31-24-20-17-15-11-7-2)55-38-41(50)49(36-27-34-48-44-43(47-5)45(52)46(44)53)35-26-22-18-21-25-32-42(51)54-37-33-39(28-12-8-3)29-13-9-4/h39-40,47-48H,6-38H2,1-5H3. The van der Waals surface area contributed by atoms with Gasteiger partial charge in [-0.3, -0.25) is 19.2 Å². The molecule has 0 heterocycles. The minimum absolute atomic E-state index is 0.0234. The third kappa shape index (κ3) is 24.7. The molecule has 1 rings (SSSR count). The first-order valence-electron chi connectivity index (χ1n) is 23.1. The molecule has 1 aromatic rings. The van der Waals surface area contributed by atoms with E-state index >= 15 is 0 Å². The summed E-state index contributed by atoms with van der Waals surface area (Å²) in [5, 5.41) is 5.90. The normalized spacial score (nSPS) is 11.5. The van der Waals surface area contributed by atoms with Gasteiger partial charge in [-0.1, -0.05) is 163 Å². The Morgan fingerprint density at radius 2 is 1.09 bits per heavy atom. The van der Waals surface area contributed by atoms with E-state index in [1.54, 1.807) is 7.05 Å². The minimum atomic E-state index is -0.487. The molecule has 0 bridgehead atoms. The molecule has 55 heavy (non-hydrogen) atoms. The maximum Gasteiger partial charge on any atom is 0.305 e. The zero-order valence-corrected chi connectivity index (χ0v) is 36.4. The Morgan fingerprint density at radius 1 is 0.582 bits per heavy atom. The number of esters is 1. The van der Waals surface area contributed by atoms with E-state index in [2.05, 4.69) is 38.3 Å². The van der Waals surface area contributed by atoms with Gasteiger partial charge in [0.25, 0.3) is 10.9 Å². The van der Waals surface area contributed by atoms with Crippen molar-refractivity contribution in [3.63, 3.8) is 0 Å². The number of ether oxygens (including phenoxy) is 2. The molecule has 0 atom stereocenters. The molecule has 0 aliphatic rings. The van der Waals surface area contributed by atoms with Gasteiger partial charge in [-0.25, -0.2) is 0 Å². The molecule has 0 radical (unpaired) electrons. The zero-order valence-electron chi connectivity index (χ0n) is 36.4. The quantitative estimate of drug-likeness (QED) is 0.0385. The Kier molecular flexibility index (Phi) is 32.0. The van der Waals surface area contributed by atoms with E-state index in [4.69, 9.17) is 9.47 Å². The molecule has 1 aromatic carbocycles. The van der Waals surface area contributed by atoms with Crippen molar-refractivity contribution in [3.05, 3.63) is 20.4 Å². The molecular formula is C46H85N3O6. The maximum absolute atomic E-state index is 13.6. The molecule has 0 aliphatic carbocycles. The lowest BCUT2D eigenvalue weighted by molar-refractivity contribution is -0.144. The van der Waals surface area contributed by atoms with Crippen molar-refractivity contribution in [2.24, 2.45) is 5.92 Å². The van der Waals surface area contributed by atoms with Crippen molar-refractivity contribution in [3.8, 4) is 0 Å². The van der Waals surface area contributed by atoms with Crippen LogP contribution < -0.4 is 21.5 Å².